The van der Waals surface area contributed by atoms with Gasteiger partial charge in [-0.2, -0.15) is 0 Å². The molecule has 1 atom stereocenters. The summed E-state index contributed by atoms with van der Waals surface area (Å²) < 4.78 is 44.5. The highest BCUT2D eigenvalue weighted by atomic mass is 32.2. The Morgan fingerprint density at radius 2 is 1.77 bits per heavy atom. The Kier molecular flexibility index (Phi) is 7.93. The van der Waals surface area contributed by atoms with Crippen LogP contribution in [0.15, 0.2) is 48.5 Å². The normalized spacial score (nSPS) is 12.1. The monoisotopic (exact) mass is 436 g/mol. The maximum Gasteiger partial charge on any atom is 0.338 e. The number of amides is 1. The second kappa shape index (κ2) is 10.2. The molecule has 2 aromatic rings. The first kappa shape index (κ1) is 23.3. The van der Waals surface area contributed by atoms with Crippen LogP contribution < -0.4 is 9.62 Å². The Labute approximate surface area is 175 Å². The third-order valence-electron chi connectivity index (χ3n) is 4.30. The Morgan fingerprint density at radius 1 is 1.13 bits per heavy atom. The first-order valence-electron chi connectivity index (χ1n) is 9.47. The molecular weight excluding hydrogens is 411 g/mol. The lowest BCUT2D eigenvalue weighted by Gasteiger charge is -2.28. The number of nitrogens with zero attached hydrogens (tertiary/aromatic N) is 1. The fourth-order valence-electron chi connectivity index (χ4n) is 2.74. The van der Waals surface area contributed by atoms with Crippen LogP contribution in [0.1, 0.15) is 37.0 Å². The molecule has 30 heavy (non-hydrogen) atoms. The van der Waals surface area contributed by atoms with Gasteiger partial charge in [0.05, 0.1) is 24.1 Å². The van der Waals surface area contributed by atoms with E-state index in [9.17, 15) is 22.4 Å². The zero-order valence-electron chi connectivity index (χ0n) is 17.1. The summed E-state index contributed by atoms with van der Waals surface area (Å²) in [6.07, 6.45) is 2.59. The predicted octanol–water partition coefficient (Wildman–Crippen LogP) is 3.58. The van der Waals surface area contributed by atoms with Crippen molar-refractivity contribution in [2.75, 3.05) is 22.5 Å². The van der Waals surface area contributed by atoms with Crippen molar-refractivity contribution in [3.8, 4) is 0 Å². The number of carbonyl (C=O) groups excluding carboxylic acids is 2. The molecule has 0 aliphatic carbocycles. The van der Waals surface area contributed by atoms with Gasteiger partial charge in [0, 0.05) is 5.69 Å². The Morgan fingerprint density at radius 3 is 2.33 bits per heavy atom. The third-order valence-corrected chi connectivity index (χ3v) is 5.53. The molecule has 0 saturated heterocycles. The molecule has 0 aromatic heterocycles. The van der Waals surface area contributed by atoms with Crippen molar-refractivity contribution in [3.63, 3.8) is 0 Å². The summed E-state index contributed by atoms with van der Waals surface area (Å²) in [7, 11) is -3.93. The standard InChI is InChI=1S/C21H25FN2O5S/c1-4-5-14-29-21(26)16-10-12-17(13-11-16)23-20(25)15(2)24(30(3,27)28)19-9-7-6-8-18(19)22/h6-13,15H,4-5,14H2,1-3H3,(H,23,25)/t15-/m1/s1. The number of carbonyl (C=O) groups is 2. The number of rotatable bonds is 9. The van der Waals surface area contributed by atoms with E-state index in [0.29, 0.717) is 17.9 Å². The first-order valence-corrected chi connectivity index (χ1v) is 11.3. The van der Waals surface area contributed by atoms with Crippen LogP contribution in [-0.2, 0) is 19.6 Å². The molecule has 7 nitrogen and oxygen atoms in total. The highest BCUT2D eigenvalue weighted by molar-refractivity contribution is 7.92. The van der Waals surface area contributed by atoms with E-state index in [4.69, 9.17) is 4.74 Å². The number of halogens is 1. The topological polar surface area (TPSA) is 92.8 Å². The minimum Gasteiger partial charge on any atom is -0.462 e. The van der Waals surface area contributed by atoms with Crippen LogP contribution >= 0.6 is 0 Å². The summed E-state index contributed by atoms with van der Waals surface area (Å²) in [5, 5.41) is 2.58. The third kappa shape index (κ3) is 6.03. The van der Waals surface area contributed by atoms with E-state index in [1.807, 2.05) is 6.92 Å². The van der Waals surface area contributed by atoms with Crippen molar-refractivity contribution in [1.29, 1.82) is 0 Å². The average molecular weight is 437 g/mol. The van der Waals surface area contributed by atoms with Crippen LogP contribution in [0.3, 0.4) is 0 Å². The molecule has 0 fully saturated rings. The zero-order valence-corrected chi connectivity index (χ0v) is 17.9. The molecule has 0 bridgehead atoms. The largest absolute Gasteiger partial charge is 0.462 e. The number of para-hydroxylation sites is 1. The number of benzene rings is 2. The quantitative estimate of drug-likeness (QED) is 0.479. The number of nitrogens with one attached hydrogen (secondary N) is 1. The molecule has 0 heterocycles. The molecular formula is C21H25FN2O5S. The van der Waals surface area contributed by atoms with Gasteiger partial charge in [-0.3, -0.25) is 9.10 Å². The van der Waals surface area contributed by atoms with Crippen molar-refractivity contribution < 1.29 is 27.1 Å². The fraction of sp³-hybridized carbons (Fsp3) is 0.333. The van der Waals surface area contributed by atoms with Gasteiger partial charge in [-0.1, -0.05) is 25.5 Å². The SMILES string of the molecule is CCCCOC(=O)c1ccc(NC(=O)[C@@H](C)N(c2ccccc2F)S(C)(=O)=O)cc1. The lowest BCUT2D eigenvalue weighted by molar-refractivity contribution is -0.116. The summed E-state index contributed by atoms with van der Waals surface area (Å²) >= 11 is 0. The van der Waals surface area contributed by atoms with Crippen molar-refractivity contribution >= 4 is 33.3 Å². The number of sulfonamides is 1. The Balaban J connectivity index is 2.14. The van der Waals surface area contributed by atoms with Gasteiger partial charge in [0.1, 0.15) is 11.9 Å². The maximum absolute atomic E-state index is 14.2. The van der Waals surface area contributed by atoms with E-state index in [1.54, 1.807) is 0 Å². The van der Waals surface area contributed by atoms with Crippen molar-refractivity contribution in [2.45, 2.75) is 32.7 Å². The minimum atomic E-state index is -3.93. The Hall–Kier alpha value is -2.94. The molecule has 0 aliphatic rings. The molecule has 162 valence electrons. The minimum absolute atomic E-state index is 0.215. The molecule has 0 spiro atoms. The first-order chi connectivity index (χ1) is 14.1. The molecule has 0 radical (unpaired) electrons. The van der Waals surface area contributed by atoms with Gasteiger partial charge in [-0.25, -0.2) is 17.6 Å². The number of unbranched alkanes of at least 4 members (excludes halogenated alkanes) is 1. The predicted molar refractivity (Wildman–Crippen MR) is 113 cm³/mol. The van der Waals surface area contributed by atoms with E-state index in [-0.39, 0.29) is 5.69 Å². The number of esters is 1. The average Bonchev–Trinajstić information content (AvgIpc) is 2.69. The summed E-state index contributed by atoms with van der Waals surface area (Å²) in [4.78, 5) is 24.6. The van der Waals surface area contributed by atoms with E-state index in [2.05, 4.69) is 5.32 Å². The summed E-state index contributed by atoms with van der Waals surface area (Å²) in [6.45, 7) is 3.69. The molecule has 1 amide bonds. The summed E-state index contributed by atoms with van der Waals surface area (Å²) in [6, 6.07) is 10.1. The second-order valence-corrected chi connectivity index (χ2v) is 8.60. The van der Waals surface area contributed by atoms with Crippen LogP contribution in [0.4, 0.5) is 15.8 Å². The van der Waals surface area contributed by atoms with Gasteiger partial charge in [0.2, 0.25) is 15.9 Å². The summed E-state index contributed by atoms with van der Waals surface area (Å²) in [5.74, 6) is -1.87. The van der Waals surface area contributed by atoms with Gasteiger partial charge < -0.3 is 10.1 Å². The van der Waals surface area contributed by atoms with Gasteiger partial charge in [0.25, 0.3) is 0 Å². The number of hydrogen-bond donors (Lipinski definition) is 1. The lowest BCUT2D eigenvalue weighted by Crippen LogP contribution is -2.45. The highest BCUT2D eigenvalue weighted by Gasteiger charge is 2.31. The lowest BCUT2D eigenvalue weighted by atomic mass is 10.2. The fourth-order valence-corrected chi connectivity index (χ4v) is 3.92. The van der Waals surface area contributed by atoms with Crippen LogP contribution in [0.2, 0.25) is 0 Å². The zero-order chi connectivity index (χ0) is 22.3. The van der Waals surface area contributed by atoms with E-state index >= 15 is 0 Å². The van der Waals surface area contributed by atoms with E-state index < -0.39 is 33.8 Å². The van der Waals surface area contributed by atoms with Crippen molar-refractivity contribution in [1.82, 2.24) is 0 Å². The number of anilines is 2. The van der Waals surface area contributed by atoms with Gasteiger partial charge >= 0.3 is 5.97 Å². The number of ether oxygens (including phenoxy) is 1. The van der Waals surface area contributed by atoms with Crippen LogP contribution in [-0.4, -0.2) is 39.2 Å². The van der Waals surface area contributed by atoms with Gasteiger partial charge in [-0.15, -0.1) is 0 Å². The Bertz CT molecular complexity index is 993. The van der Waals surface area contributed by atoms with Crippen LogP contribution in [0, 0.1) is 5.82 Å². The molecule has 1 N–H and O–H groups in total. The van der Waals surface area contributed by atoms with Crippen LogP contribution in [0.5, 0.6) is 0 Å². The maximum atomic E-state index is 14.2. The molecule has 0 aliphatic heterocycles. The van der Waals surface area contributed by atoms with Crippen molar-refractivity contribution in [3.05, 3.63) is 59.9 Å². The van der Waals surface area contributed by atoms with Gasteiger partial charge in [0.15, 0.2) is 0 Å². The number of hydrogen-bond acceptors (Lipinski definition) is 5. The molecule has 0 saturated carbocycles. The molecule has 9 heteroatoms. The van der Waals surface area contributed by atoms with Crippen LogP contribution in [0.25, 0.3) is 0 Å². The van der Waals surface area contributed by atoms with Crippen molar-refractivity contribution in [2.24, 2.45) is 0 Å². The van der Waals surface area contributed by atoms with Gasteiger partial charge in [-0.05, 0) is 49.7 Å². The second-order valence-electron chi connectivity index (χ2n) is 6.74. The van der Waals surface area contributed by atoms with E-state index in [1.165, 1.54) is 49.4 Å². The van der Waals surface area contributed by atoms with E-state index in [0.717, 1.165) is 29.5 Å². The summed E-state index contributed by atoms with van der Waals surface area (Å²) in [5.41, 5.74) is 0.480. The highest BCUT2D eigenvalue weighted by Crippen LogP contribution is 2.24. The molecule has 2 rings (SSSR count). The molecule has 0 unspecified atom stereocenters. The molecule has 2 aromatic carbocycles. The smallest absolute Gasteiger partial charge is 0.338 e.